The number of unbranched alkanes of at least 4 members (excludes halogenated alkanes) is 17. The van der Waals surface area contributed by atoms with Crippen molar-refractivity contribution in [3.05, 3.63) is 36.5 Å². The van der Waals surface area contributed by atoms with E-state index in [0.29, 0.717) is 13.0 Å². The molecule has 1 rings (SSSR count). The summed E-state index contributed by atoms with van der Waals surface area (Å²) in [5.74, 6) is -0.330. The molecule has 6 atom stereocenters. The first-order valence-corrected chi connectivity index (χ1v) is 20.6. The van der Waals surface area contributed by atoms with Crippen molar-refractivity contribution in [1.29, 1.82) is 0 Å². The van der Waals surface area contributed by atoms with Crippen LogP contribution in [0.2, 0.25) is 0 Å². The molecule has 0 amide bonds. The van der Waals surface area contributed by atoms with Crippen molar-refractivity contribution in [2.24, 2.45) is 0 Å². The van der Waals surface area contributed by atoms with Gasteiger partial charge in [-0.2, -0.15) is 0 Å². The Labute approximate surface area is 310 Å². The van der Waals surface area contributed by atoms with Crippen molar-refractivity contribution in [3.8, 4) is 0 Å². The van der Waals surface area contributed by atoms with Gasteiger partial charge in [-0.3, -0.25) is 4.79 Å². The third-order valence-electron chi connectivity index (χ3n) is 9.28. The first-order valence-electron chi connectivity index (χ1n) is 20.6. The molecule has 1 saturated heterocycles. The summed E-state index contributed by atoms with van der Waals surface area (Å²) >= 11 is 0. The number of allylic oxidation sites excluding steroid dienone is 6. The molecule has 0 aliphatic carbocycles. The predicted molar refractivity (Wildman–Crippen MR) is 205 cm³/mol. The summed E-state index contributed by atoms with van der Waals surface area (Å²) in [6.07, 6.45) is 31.7. The van der Waals surface area contributed by atoms with Crippen LogP contribution >= 0.6 is 0 Å². The molecule has 1 aliphatic heterocycles. The van der Waals surface area contributed by atoms with Gasteiger partial charge in [0.25, 0.3) is 0 Å². The van der Waals surface area contributed by atoms with Gasteiger partial charge in [-0.1, -0.05) is 127 Å². The zero-order chi connectivity index (χ0) is 37.2. The summed E-state index contributed by atoms with van der Waals surface area (Å²) in [4.78, 5) is 12.7. The molecule has 0 radical (unpaired) electrons. The topological polar surface area (TPSA) is 135 Å². The van der Waals surface area contributed by atoms with Crippen LogP contribution in [-0.2, 0) is 23.7 Å². The molecule has 0 saturated carbocycles. The minimum atomic E-state index is -1.54. The van der Waals surface area contributed by atoms with Crippen LogP contribution in [0.15, 0.2) is 36.5 Å². The number of aliphatic hydroxyl groups is 4. The highest BCUT2D eigenvalue weighted by atomic mass is 16.7. The maximum atomic E-state index is 12.7. The minimum absolute atomic E-state index is 0.121. The van der Waals surface area contributed by atoms with Crippen LogP contribution in [0, 0.1) is 0 Å². The van der Waals surface area contributed by atoms with Gasteiger partial charge in [-0.15, -0.1) is 0 Å². The van der Waals surface area contributed by atoms with Gasteiger partial charge < -0.3 is 39.4 Å². The molecule has 1 fully saturated rings. The SMILES string of the molecule is CCCC/C=C\CCCCCCCC(=O)OC(COCCCCCCCC/C=C\C/C=C\CCCCCC)COC1OC(CO)C(O)C(O)C1O. The monoisotopic (exact) mass is 725 g/mol. The molecule has 1 heterocycles. The standard InChI is InChI=1S/C42H76O9/c1-3-5-7-9-11-13-15-16-17-18-19-20-22-24-26-28-30-32-48-34-36(35-49-42-41(47)40(46)39(45)37(33-43)51-42)50-38(44)31-29-27-25-23-21-14-12-10-8-6-4-2/h10,12-13,15,17-18,36-37,39-43,45-47H,3-9,11,14,16,19-35H2,1-2H3/b12-10-,15-13-,18-17-. The van der Waals surface area contributed by atoms with E-state index in [-0.39, 0.29) is 19.2 Å². The van der Waals surface area contributed by atoms with E-state index in [1.165, 1.54) is 64.2 Å². The van der Waals surface area contributed by atoms with Gasteiger partial charge in [0.1, 0.15) is 30.5 Å². The fraction of sp³-hybridized carbons (Fsp3) is 0.833. The molecule has 0 bridgehead atoms. The Morgan fingerprint density at radius 1 is 0.627 bits per heavy atom. The van der Waals surface area contributed by atoms with Crippen LogP contribution in [0.25, 0.3) is 0 Å². The van der Waals surface area contributed by atoms with E-state index >= 15 is 0 Å². The number of aliphatic hydroxyl groups excluding tert-OH is 4. The fourth-order valence-electron chi connectivity index (χ4n) is 5.97. The zero-order valence-electron chi connectivity index (χ0n) is 32.4. The molecule has 1 aliphatic rings. The number of carbonyl (C=O) groups is 1. The predicted octanol–water partition coefficient (Wildman–Crippen LogP) is 8.41. The highest BCUT2D eigenvalue weighted by Crippen LogP contribution is 2.22. The quantitative estimate of drug-likeness (QED) is 0.0293. The van der Waals surface area contributed by atoms with Gasteiger partial charge >= 0.3 is 5.97 Å². The van der Waals surface area contributed by atoms with Crippen LogP contribution in [0.1, 0.15) is 162 Å². The second kappa shape index (κ2) is 34.2. The van der Waals surface area contributed by atoms with Crippen LogP contribution in [0.5, 0.6) is 0 Å². The lowest BCUT2D eigenvalue weighted by Crippen LogP contribution is -2.59. The summed E-state index contributed by atoms with van der Waals surface area (Å²) in [5, 5.41) is 40.0. The average molecular weight is 725 g/mol. The molecule has 0 aromatic rings. The molecule has 0 spiro atoms. The molecule has 9 heteroatoms. The lowest BCUT2D eigenvalue weighted by Gasteiger charge is -2.39. The molecule has 4 N–H and O–H groups in total. The van der Waals surface area contributed by atoms with Crippen LogP contribution in [0.3, 0.4) is 0 Å². The van der Waals surface area contributed by atoms with Crippen molar-refractivity contribution in [3.63, 3.8) is 0 Å². The molecule has 9 nitrogen and oxygen atoms in total. The summed E-state index contributed by atoms with van der Waals surface area (Å²) in [6, 6.07) is 0. The summed E-state index contributed by atoms with van der Waals surface area (Å²) in [6.45, 7) is 4.46. The lowest BCUT2D eigenvalue weighted by molar-refractivity contribution is -0.305. The van der Waals surface area contributed by atoms with Gasteiger partial charge in [0.15, 0.2) is 6.29 Å². The normalized spacial score (nSPS) is 21.7. The van der Waals surface area contributed by atoms with Crippen LogP contribution in [-0.4, -0.2) is 89.6 Å². The molecule has 298 valence electrons. The van der Waals surface area contributed by atoms with E-state index in [4.69, 9.17) is 18.9 Å². The number of hydrogen-bond acceptors (Lipinski definition) is 9. The third kappa shape index (κ3) is 25.9. The van der Waals surface area contributed by atoms with Crippen LogP contribution < -0.4 is 0 Å². The fourth-order valence-corrected chi connectivity index (χ4v) is 5.97. The smallest absolute Gasteiger partial charge is 0.306 e. The molecule has 0 aromatic heterocycles. The lowest BCUT2D eigenvalue weighted by atomic mass is 9.99. The van der Waals surface area contributed by atoms with E-state index in [9.17, 15) is 25.2 Å². The first kappa shape index (κ1) is 47.4. The highest BCUT2D eigenvalue weighted by Gasteiger charge is 2.44. The van der Waals surface area contributed by atoms with Crippen molar-refractivity contribution < 1.29 is 44.2 Å². The van der Waals surface area contributed by atoms with E-state index < -0.39 is 43.4 Å². The summed E-state index contributed by atoms with van der Waals surface area (Å²) in [7, 11) is 0. The maximum Gasteiger partial charge on any atom is 0.306 e. The number of rotatable bonds is 34. The summed E-state index contributed by atoms with van der Waals surface area (Å²) < 4.78 is 22.7. The molecule has 6 unspecified atom stereocenters. The van der Waals surface area contributed by atoms with E-state index in [1.807, 2.05) is 0 Å². The third-order valence-corrected chi connectivity index (χ3v) is 9.28. The largest absolute Gasteiger partial charge is 0.457 e. The molecular weight excluding hydrogens is 648 g/mol. The number of ether oxygens (including phenoxy) is 4. The Bertz CT molecular complexity index is 874. The Balaban J connectivity index is 2.30. The van der Waals surface area contributed by atoms with E-state index in [0.717, 1.165) is 77.0 Å². The van der Waals surface area contributed by atoms with Gasteiger partial charge in [0.05, 0.1) is 19.8 Å². The minimum Gasteiger partial charge on any atom is -0.457 e. The molecule has 51 heavy (non-hydrogen) atoms. The average Bonchev–Trinajstić information content (AvgIpc) is 3.13. The van der Waals surface area contributed by atoms with Gasteiger partial charge in [0.2, 0.25) is 0 Å². The second-order valence-corrected chi connectivity index (χ2v) is 14.1. The zero-order valence-corrected chi connectivity index (χ0v) is 32.4. The maximum absolute atomic E-state index is 12.7. The Hall–Kier alpha value is -1.59. The number of esters is 1. The Kier molecular flexibility index (Phi) is 31.8. The number of hydrogen-bond donors (Lipinski definition) is 4. The van der Waals surface area contributed by atoms with Crippen molar-refractivity contribution in [1.82, 2.24) is 0 Å². The molecular formula is C42H76O9. The van der Waals surface area contributed by atoms with E-state index in [2.05, 4.69) is 50.3 Å². The van der Waals surface area contributed by atoms with Gasteiger partial charge in [-0.05, 0) is 64.2 Å². The van der Waals surface area contributed by atoms with Crippen molar-refractivity contribution in [2.45, 2.75) is 198 Å². The molecule has 0 aromatic carbocycles. The number of carbonyl (C=O) groups excluding carboxylic acids is 1. The van der Waals surface area contributed by atoms with Crippen LogP contribution in [0.4, 0.5) is 0 Å². The van der Waals surface area contributed by atoms with Crippen molar-refractivity contribution in [2.75, 3.05) is 26.4 Å². The Morgan fingerprint density at radius 3 is 1.76 bits per heavy atom. The Morgan fingerprint density at radius 2 is 1.16 bits per heavy atom. The van der Waals surface area contributed by atoms with Gasteiger partial charge in [0, 0.05) is 13.0 Å². The first-order chi connectivity index (χ1) is 24.9. The highest BCUT2D eigenvalue weighted by molar-refractivity contribution is 5.69. The van der Waals surface area contributed by atoms with Crippen molar-refractivity contribution >= 4 is 5.97 Å². The van der Waals surface area contributed by atoms with Gasteiger partial charge in [-0.25, -0.2) is 0 Å². The second-order valence-electron chi connectivity index (χ2n) is 14.1. The summed E-state index contributed by atoms with van der Waals surface area (Å²) in [5.41, 5.74) is 0. The van der Waals surface area contributed by atoms with E-state index in [1.54, 1.807) is 0 Å².